The van der Waals surface area contributed by atoms with Crippen LogP contribution >= 0.6 is 0 Å². The van der Waals surface area contributed by atoms with Gasteiger partial charge in [-0.05, 0) is 49.2 Å². The first kappa shape index (κ1) is 12.0. The minimum atomic E-state index is 0.499. The molecule has 0 saturated carbocycles. The van der Waals surface area contributed by atoms with E-state index in [-0.39, 0.29) is 0 Å². The van der Waals surface area contributed by atoms with Gasteiger partial charge in [0, 0.05) is 0 Å². The van der Waals surface area contributed by atoms with Crippen LogP contribution in [0.2, 0.25) is 0 Å². The summed E-state index contributed by atoms with van der Waals surface area (Å²) in [6.07, 6.45) is 0. The van der Waals surface area contributed by atoms with Crippen LogP contribution in [0, 0.1) is 13.8 Å². The normalized spacial score (nSPS) is 11.5. The molecule has 2 aromatic carbocycles. The molecule has 6 nitrogen and oxygen atoms in total. The molecule has 0 N–H and O–H groups in total. The van der Waals surface area contributed by atoms with Crippen molar-refractivity contribution in [1.82, 2.24) is 30.0 Å². The molecule has 6 heteroatoms. The van der Waals surface area contributed by atoms with Gasteiger partial charge >= 0.3 is 0 Å². The Morgan fingerprint density at radius 1 is 0.762 bits per heavy atom. The lowest BCUT2D eigenvalue weighted by Gasteiger charge is -2.03. The molecule has 0 saturated heterocycles. The number of fused-ring (bicyclic) bond motifs is 2. The van der Waals surface area contributed by atoms with Crippen LogP contribution in [0.25, 0.3) is 22.1 Å². The molecule has 0 aliphatic rings. The van der Waals surface area contributed by atoms with E-state index in [2.05, 4.69) is 32.8 Å². The number of aryl methyl sites for hydroxylation is 2. The second kappa shape index (κ2) is 4.37. The molecule has 0 aliphatic carbocycles. The Kier molecular flexibility index (Phi) is 2.50. The second-order valence-electron chi connectivity index (χ2n) is 5.30. The molecule has 21 heavy (non-hydrogen) atoms. The van der Waals surface area contributed by atoms with Gasteiger partial charge in [0.2, 0.25) is 0 Å². The van der Waals surface area contributed by atoms with Gasteiger partial charge in [0.25, 0.3) is 0 Å². The number of nitrogens with zero attached hydrogens (tertiary/aromatic N) is 6. The largest absolute Gasteiger partial charge is 0.223 e. The van der Waals surface area contributed by atoms with E-state index in [1.807, 2.05) is 47.5 Å². The summed E-state index contributed by atoms with van der Waals surface area (Å²) in [6.45, 7) is 4.59. The predicted octanol–water partition coefficient (Wildman–Crippen LogP) is 2.30. The number of hydrogen-bond acceptors (Lipinski definition) is 4. The highest BCUT2D eigenvalue weighted by Crippen LogP contribution is 2.16. The van der Waals surface area contributed by atoms with Crippen LogP contribution in [0.3, 0.4) is 0 Å². The van der Waals surface area contributed by atoms with E-state index in [1.54, 1.807) is 0 Å². The van der Waals surface area contributed by atoms with Crippen LogP contribution < -0.4 is 0 Å². The van der Waals surface area contributed by atoms with Crippen LogP contribution in [-0.2, 0) is 6.67 Å². The molecule has 104 valence electrons. The third-order valence-corrected chi connectivity index (χ3v) is 3.61. The highest BCUT2D eigenvalue weighted by molar-refractivity contribution is 5.76. The molecule has 0 unspecified atom stereocenters. The number of benzene rings is 2. The third kappa shape index (κ3) is 1.96. The van der Waals surface area contributed by atoms with Crippen LogP contribution in [0.1, 0.15) is 11.1 Å². The zero-order valence-corrected chi connectivity index (χ0v) is 11.9. The summed E-state index contributed by atoms with van der Waals surface area (Å²) in [5.74, 6) is 0. The van der Waals surface area contributed by atoms with E-state index < -0.39 is 0 Å². The van der Waals surface area contributed by atoms with Crippen molar-refractivity contribution in [3.05, 3.63) is 47.5 Å². The topological polar surface area (TPSA) is 61.4 Å². The van der Waals surface area contributed by atoms with Crippen molar-refractivity contribution in [3.8, 4) is 0 Å². The standard InChI is InChI=1S/C15H14N6/c1-10-3-5-14-12(7-10)16-18-20(14)9-21-15-6-4-11(2)8-13(15)17-19-21/h3-8H,9H2,1-2H3. The summed E-state index contributed by atoms with van der Waals surface area (Å²) in [5.41, 5.74) is 6.14. The minimum absolute atomic E-state index is 0.499. The lowest BCUT2D eigenvalue weighted by atomic mass is 10.2. The highest BCUT2D eigenvalue weighted by atomic mass is 15.5. The Morgan fingerprint density at radius 2 is 1.24 bits per heavy atom. The van der Waals surface area contributed by atoms with Gasteiger partial charge in [-0.2, -0.15) is 0 Å². The molecule has 4 rings (SSSR count). The molecule has 4 aromatic rings. The van der Waals surface area contributed by atoms with E-state index >= 15 is 0 Å². The maximum Gasteiger partial charge on any atom is 0.138 e. The monoisotopic (exact) mass is 278 g/mol. The van der Waals surface area contributed by atoms with Crippen molar-refractivity contribution >= 4 is 22.1 Å². The van der Waals surface area contributed by atoms with Gasteiger partial charge in [-0.15, -0.1) is 10.2 Å². The summed E-state index contributed by atoms with van der Waals surface area (Å²) >= 11 is 0. The van der Waals surface area contributed by atoms with E-state index in [0.29, 0.717) is 6.67 Å². The minimum Gasteiger partial charge on any atom is -0.223 e. The average molecular weight is 278 g/mol. The first-order chi connectivity index (χ1) is 10.2. The lowest BCUT2D eigenvalue weighted by Crippen LogP contribution is -2.11. The molecule has 0 aliphatic heterocycles. The van der Waals surface area contributed by atoms with Crippen molar-refractivity contribution in [2.75, 3.05) is 0 Å². The van der Waals surface area contributed by atoms with Gasteiger partial charge in [0.15, 0.2) is 0 Å². The number of hydrogen-bond donors (Lipinski definition) is 0. The molecule has 0 amide bonds. The summed E-state index contributed by atoms with van der Waals surface area (Å²) in [4.78, 5) is 0. The fraction of sp³-hybridized carbons (Fsp3) is 0.200. The second-order valence-corrected chi connectivity index (χ2v) is 5.30. The van der Waals surface area contributed by atoms with E-state index in [1.165, 1.54) is 11.1 Å². The van der Waals surface area contributed by atoms with Gasteiger partial charge in [0.05, 0.1) is 11.0 Å². The van der Waals surface area contributed by atoms with Crippen LogP contribution in [0.15, 0.2) is 36.4 Å². The van der Waals surface area contributed by atoms with Crippen molar-refractivity contribution < 1.29 is 0 Å². The number of aromatic nitrogens is 6. The SMILES string of the molecule is Cc1ccc2c(c1)nnn2Cn1nnc2cc(C)ccc21. The Balaban J connectivity index is 1.79. The lowest BCUT2D eigenvalue weighted by molar-refractivity contribution is 0.501. The van der Waals surface area contributed by atoms with Crippen molar-refractivity contribution in [2.24, 2.45) is 0 Å². The average Bonchev–Trinajstić information content (AvgIpc) is 3.03. The summed E-state index contributed by atoms with van der Waals surface area (Å²) < 4.78 is 3.67. The Hall–Kier alpha value is -2.76. The quantitative estimate of drug-likeness (QED) is 0.564. The summed E-state index contributed by atoms with van der Waals surface area (Å²) in [5, 5.41) is 16.8. The van der Waals surface area contributed by atoms with Gasteiger partial charge in [-0.1, -0.05) is 22.6 Å². The van der Waals surface area contributed by atoms with Crippen LogP contribution in [0.4, 0.5) is 0 Å². The summed E-state index contributed by atoms with van der Waals surface area (Å²) in [6, 6.07) is 12.3. The first-order valence-electron chi connectivity index (χ1n) is 6.80. The molecule has 0 spiro atoms. The van der Waals surface area contributed by atoms with Crippen molar-refractivity contribution in [3.63, 3.8) is 0 Å². The molecule has 2 aromatic heterocycles. The molecule has 0 radical (unpaired) electrons. The Bertz CT molecular complexity index is 871. The van der Waals surface area contributed by atoms with Crippen molar-refractivity contribution in [2.45, 2.75) is 20.5 Å². The molecule has 0 fully saturated rings. The highest BCUT2D eigenvalue weighted by Gasteiger charge is 2.08. The van der Waals surface area contributed by atoms with Gasteiger partial charge in [-0.3, -0.25) is 0 Å². The van der Waals surface area contributed by atoms with Gasteiger partial charge in [-0.25, -0.2) is 9.36 Å². The van der Waals surface area contributed by atoms with E-state index in [9.17, 15) is 0 Å². The third-order valence-electron chi connectivity index (χ3n) is 3.61. The molecule has 2 heterocycles. The fourth-order valence-corrected chi connectivity index (χ4v) is 2.50. The molecular weight excluding hydrogens is 264 g/mol. The van der Waals surface area contributed by atoms with Crippen LogP contribution in [0.5, 0.6) is 0 Å². The molecular formula is C15H14N6. The van der Waals surface area contributed by atoms with Gasteiger partial charge < -0.3 is 0 Å². The fourth-order valence-electron chi connectivity index (χ4n) is 2.50. The zero-order valence-electron chi connectivity index (χ0n) is 11.9. The predicted molar refractivity (Wildman–Crippen MR) is 79.9 cm³/mol. The summed E-state index contributed by atoms with van der Waals surface area (Å²) in [7, 11) is 0. The smallest absolute Gasteiger partial charge is 0.138 e. The van der Waals surface area contributed by atoms with Crippen molar-refractivity contribution in [1.29, 1.82) is 0 Å². The van der Waals surface area contributed by atoms with E-state index in [4.69, 9.17) is 0 Å². The Morgan fingerprint density at radius 3 is 1.71 bits per heavy atom. The number of rotatable bonds is 2. The van der Waals surface area contributed by atoms with Gasteiger partial charge in [0.1, 0.15) is 17.7 Å². The maximum absolute atomic E-state index is 4.21. The first-order valence-corrected chi connectivity index (χ1v) is 6.80. The maximum atomic E-state index is 4.21. The Labute approximate surface area is 121 Å². The zero-order chi connectivity index (χ0) is 14.4. The van der Waals surface area contributed by atoms with Crippen LogP contribution in [-0.4, -0.2) is 30.0 Å². The molecule has 0 bridgehead atoms. The van der Waals surface area contributed by atoms with E-state index in [0.717, 1.165) is 22.1 Å². The molecule has 0 atom stereocenters.